The molecule has 0 aromatic heterocycles. The Morgan fingerprint density at radius 2 is 1.67 bits per heavy atom. The minimum Gasteiger partial charge on any atom is -0.494 e. The van der Waals surface area contributed by atoms with E-state index in [-0.39, 0.29) is 28.5 Å². The maximum absolute atomic E-state index is 12.6. The quantitative estimate of drug-likeness (QED) is 0.487. The van der Waals surface area contributed by atoms with Crippen molar-refractivity contribution in [3.63, 3.8) is 0 Å². The van der Waals surface area contributed by atoms with Gasteiger partial charge in [-0.3, -0.25) is 0 Å². The van der Waals surface area contributed by atoms with Crippen molar-refractivity contribution in [3.8, 4) is 11.5 Å². The van der Waals surface area contributed by atoms with Crippen LogP contribution in [0.2, 0.25) is 0 Å². The molecule has 4 unspecified atom stereocenters. The van der Waals surface area contributed by atoms with Gasteiger partial charge in [-0.1, -0.05) is 34.6 Å². The van der Waals surface area contributed by atoms with Crippen molar-refractivity contribution in [2.45, 2.75) is 38.8 Å². The third-order valence-corrected chi connectivity index (χ3v) is 7.51. The number of benzene rings is 2. The summed E-state index contributed by atoms with van der Waals surface area (Å²) in [6, 6.07) is 17.7. The second-order valence-electron chi connectivity index (χ2n) is 8.70. The number of piperidine rings is 1. The lowest BCUT2D eigenvalue weighted by atomic mass is 9.83. The number of para-hydroxylation sites is 1. The second kappa shape index (κ2) is 10.9. The Kier molecular flexibility index (Phi) is 8.39. The highest BCUT2D eigenvalue weighted by atomic mass is 32.2. The van der Waals surface area contributed by atoms with E-state index in [2.05, 4.69) is 11.0 Å². The second-order valence-corrected chi connectivity index (χ2v) is 10.5. The van der Waals surface area contributed by atoms with Gasteiger partial charge < -0.3 is 14.4 Å². The van der Waals surface area contributed by atoms with E-state index in [0.717, 1.165) is 17.1 Å². The number of nitrogens with zero attached hydrogens (tertiary/aromatic N) is 2. The molecule has 182 valence electrons. The first-order chi connectivity index (χ1) is 15.7. The molecule has 0 radical (unpaired) electrons. The lowest BCUT2D eigenvalue weighted by Crippen LogP contribution is -2.67. The highest BCUT2D eigenvalue weighted by Gasteiger charge is 2.51. The number of rotatable bonds is 10. The van der Waals surface area contributed by atoms with Gasteiger partial charge >= 0.3 is 10.1 Å². The van der Waals surface area contributed by atoms with Gasteiger partial charge in [-0.15, -0.1) is 0 Å². The molecule has 0 saturated carbocycles. The van der Waals surface area contributed by atoms with Crippen molar-refractivity contribution in [3.05, 3.63) is 60.2 Å². The fourth-order valence-electron chi connectivity index (χ4n) is 4.68. The smallest absolute Gasteiger partial charge is 0.313 e. The van der Waals surface area contributed by atoms with Crippen LogP contribution in [0.4, 0.5) is 0 Å². The minimum absolute atomic E-state index is 0.00723. The Balaban J connectivity index is 2.08. The molecule has 0 aliphatic carbocycles. The number of likely N-dealkylation sites (N-methyl/N-ethyl adjacent to an activating group) is 2. The van der Waals surface area contributed by atoms with Crippen LogP contribution in [-0.4, -0.2) is 76.2 Å². The zero-order chi connectivity index (χ0) is 24.1. The molecule has 1 aliphatic heterocycles. The van der Waals surface area contributed by atoms with Gasteiger partial charge in [0.1, 0.15) is 31.1 Å². The van der Waals surface area contributed by atoms with Gasteiger partial charge in [-0.05, 0) is 64.7 Å². The fourth-order valence-corrected chi connectivity index (χ4v) is 5.49. The van der Waals surface area contributed by atoms with E-state index in [1.165, 1.54) is 0 Å². The Morgan fingerprint density at radius 3 is 2.27 bits per heavy atom. The van der Waals surface area contributed by atoms with E-state index in [9.17, 15) is 8.42 Å². The third kappa shape index (κ3) is 6.26. The number of quaternary nitrogens is 1. The van der Waals surface area contributed by atoms with Crippen molar-refractivity contribution < 1.29 is 26.8 Å². The SMILES string of the molecule is CCOc1cccc(C2C[N+](CC)(OS(=O)(=O)CC)CC(Oc3ccccc3)C2N(C)C)c1. The van der Waals surface area contributed by atoms with Gasteiger partial charge in [0.05, 0.1) is 24.3 Å². The van der Waals surface area contributed by atoms with Gasteiger partial charge in [0.15, 0.2) is 6.10 Å². The molecule has 4 atom stereocenters. The van der Waals surface area contributed by atoms with Crippen LogP contribution in [0.5, 0.6) is 11.5 Å². The van der Waals surface area contributed by atoms with Gasteiger partial charge in [-0.25, -0.2) is 0 Å². The molecule has 0 amide bonds. The van der Waals surface area contributed by atoms with Crippen molar-refractivity contribution in [2.24, 2.45) is 0 Å². The van der Waals surface area contributed by atoms with Crippen molar-refractivity contribution in [1.29, 1.82) is 0 Å². The van der Waals surface area contributed by atoms with E-state index in [0.29, 0.717) is 26.2 Å². The molecule has 0 spiro atoms. The normalized spacial score (nSPS) is 25.7. The molecular formula is C25H37N2O5S+. The average Bonchev–Trinajstić information content (AvgIpc) is 2.79. The third-order valence-electron chi connectivity index (χ3n) is 6.26. The van der Waals surface area contributed by atoms with E-state index >= 15 is 0 Å². The standard InChI is InChI=1S/C25H37N2O5S/c1-6-27(32-33(28,29)8-3)18-23(20-13-12-16-22(17-20)30-7-2)25(26(4)5)24(19-27)31-21-14-10-9-11-15-21/h9-17,23-25H,6-8,18-19H2,1-5H3/q+1. The monoisotopic (exact) mass is 477 g/mol. The van der Waals surface area contributed by atoms with Gasteiger partial charge in [-0.2, -0.15) is 13.1 Å². The summed E-state index contributed by atoms with van der Waals surface area (Å²) in [6.07, 6.45) is -0.288. The molecule has 8 heteroatoms. The Bertz CT molecular complexity index is 999. The van der Waals surface area contributed by atoms with E-state index < -0.39 is 10.1 Å². The Labute approximate surface area is 198 Å². The summed E-state index contributed by atoms with van der Waals surface area (Å²) >= 11 is 0. The molecule has 33 heavy (non-hydrogen) atoms. The van der Waals surface area contributed by atoms with Crippen LogP contribution in [-0.2, 0) is 14.4 Å². The van der Waals surface area contributed by atoms with Gasteiger partial charge in [0, 0.05) is 0 Å². The van der Waals surface area contributed by atoms with Gasteiger partial charge in [0.25, 0.3) is 0 Å². The first-order valence-corrected chi connectivity index (χ1v) is 13.2. The number of hydrogen-bond donors (Lipinski definition) is 0. The molecule has 1 heterocycles. The van der Waals surface area contributed by atoms with Crippen LogP contribution < -0.4 is 9.47 Å². The predicted octanol–water partition coefficient (Wildman–Crippen LogP) is 3.68. The molecule has 7 nitrogen and oxygen atoms in total. The summed E-state index contributed by atoms with van der Waals surface area (Å²) in [7, 11) is 0.418. The molecule has 3 rings (SSSR count). The molecule has 1 fully saturated rings. The van der Waals surface area contributed by atoms with Crippen molar-refractivity contribution in [2.75, 3.05) is 46.1 Å². The number of hydroxylamine groups is 3. The Morgan fingerprint density at radius 1 is 0.970 bits per heavy atom. The predicted molar refractivity (Wildman–Crippen MR) is 130 cm³/mol. The zero-order valence-corrected chi connectivity index (χ0v) is 21.1. The fraction of sp³-hybridized carbons (Fsp3) is 0.520. The first kappa shape index (κ1) is 25.5. The Hall–Kier alpha value is -2.13. The topological polar surface area (TPSA) is 65.1 Å². The largest absolute Gasteiger partial charge is 0.494 e. The van der Waals surface area contributed by atoms with Crippen molar-refractivity contribution >= 4 is 10.1 Å². The molecule has 0 N–H and O–H groups in total. The number of ether oxygens (including phenoxy) is 2. The summed E-state index contributed by atoms with van der Waals surface area (Å²) in [4.78, 5) is 2.17. The van der Waals surface area contributed by atoms with Crippen LogP contribution in [0.25, 0.3) is 0 Å². The number of hydrogen-bond acceptors (Lipinski definition) is 6. The highest BCUT2D eigenvalue weighted by molar-refractivity contribution is 7.86. The summed E-state index contributed by atoms with van der Waals surface area (Å²) in [5.41, 5.74) is 1.08. The lowest BCUT2D eigenvalue weighted by molar-refractivity contribution is -1.08. The lowest BCUT2D eigenvalue weighted by Gasteiger charge is -2.48. The number of likely N-dealkylation sites (tertiary alicyclic amines) is 1. The summed E-state index contributed by atoms with van der Waals surface area (Å²) < 4.78 is 43.3. The molecule has 1 aliphatic rings. The van der Waals surface area contributed by atoms with Crippen LogP contribution >= 0.6 is 0 Å². The highest BCUT2D eigenvalue weighted by Crippen LogP contribution is 2.38. The summed E-state index contributed by atoms with van der Waals surface area (Å²) in [5.74, 6) is 1.45. The molecule has 2 aromatic carbocycles. The first-order valence-electron chi connectivity index (χ1n) is 11.6. The summed E-state index contributed by atoms with van der Waals surface area (Å²) in [5, 5.41) is 0. The molecular weight excluding hydrogens is 440 g/mol. The zero-order valence-electron chi connectivity index (χ0n) is 20.3. The summed E-state index contributed by atoms with van der Waals surface area (Å²) in [6.45, 7) is 7.57. The van der Waals surface area contributed by atoms with Crippen LogP contribution in [0.3, 0.4) is 0 Å². The maximum Gasteiger partial charge on any atom is 0.313 e. The van der Waals surface area contributed by atoms with Gasteiger partial charge in [0.2, 0.25) is 0 Å². The maximum atomic E-state index is 12.6. The van der Waals surface area contributed by atoms with Crippen LogP contribution in [0, 0.1) is 0 Å². The van der Waals surface area contributed by atoms with E-state index in [1.54, 1.807) is 6.92 Å². The average molecular weight is 478 g/mol. The molecule has 0 bridgehead atoms. The van der Waals surface area contributed by atoms with E-state index in [1.807, 2.05) is 76.5 Å². The van der Waals surface area contributed by atoms with E-state index in [4.69, 9.17) is 13.8 Å². The minimum atomic E-state index is -3.67. The van der Waals surface area contributed by atoms with Crippen LogP contribution in [0.1, 0.15) is 32.3 Å². The molecule has 1 saturated heterocycles. The van der Waals surface area contributed by atoms with Crippen LogP contribution in [0.15, 0.2) is 54.6 Å². The van der Waals surface area contributed by atoms with Crippen molar-refractivity contribution in [1.82, 2.24) is 4.90 Å². The molecule has 2 aromatic rings.